The monoisotopic (exact) mass is 267 g/mol. The van der Waals surface area contributed by atoms with Crippen molar-refractivity contribution in [2.24, 2.45) is 0 Å². The van der Waals surface area contributed by atoms with Crippen molar-refractivity contribution in [2.45, 2.75) is 13.3 Å². The van der Waals surface area contributed by atoms with Crippen molar-refractivity contribution < 1.29 is 19.8 Å². The van der Waals surface area contributed by atoms with Crippen LogP contribution in [0.1, 0.15) is 23.8 Å². The van der Waals surface area contributed by atoms with Gasteiger partial charge in [-0.15, -0.1) is 0 Å². The number of aliphatic hydroxyl groups excluding tert-OH is 1. The second kappa shape index (κ2) is 7.32. The van der Waals surface area contributed by atoms with E-state index in [9.17, 15) is 9.59 Å². The maximum absolute atomic E-state index is 12.0. The molecule has 3 N–H and O–H groups in total. The molecule has 2 amide bonds. The molecule has 0 saturated heterocycles. The van der Waals surface area contributed by atoms with E-state index in [1.165, 1.54) is 23.2 Å². The first-order valence-electron chi connectivity index (χ1n) is 5.95. The van der Waals surface area contributed by atoms with E-state index in [2.05, 4.69) is 10.3 Å². The van der Waals surface area contributed by atoms with E-state index >= 15 is 0 Å². The van der Waals surface area contributed by atoms with Crippen molar-refractivity contribution in [3.8, 4) is 0 Å². The summed E-state index contributed by atoms with van der Waals surface area (Å²) in [6.45, 7) is 2.44. The van der Waals surface area contributed by atoms with Crippen molar-refractivity contribution in [3.05, 3.63) is 24.0 Å². The molecule has 7 nitrogen and oxygen atoms in total. The molecule has 0 fully saturated rings. The fourth-order valence-electron chi connectivity index (χ4n) is 1.58. The topological polar surface area (TPSA) is 103 Å². The van der Waals surface area contributed by atoms with Crippen LogP contribution >= 0.6 is 0 Å². The van der Waals surface area contributed by atoms with Gasteiger partial charge in [0.2, 0.25) is 0 Å². The van der Waals surface area contributed by atoms with Gasteiger partial charge in [-0.2, -0.15) is 0 Å². The third kappa shape index (κ3) is 4.22. The number of nitrogens with one attached hydrogen (secondary N) is 1. The number of hydrogen-bond donors (Lipinski definition) is 3. The zero-order chi connectivity index (χ0) is 14.3. The lowest BCUT2D eigenvalue weighted by molar-refractivity contribution is 0.0691. The highest BCUT2D eigenvalue weighted by Crippen LogP contribution is 2.12. The van der Waals surface area contributed by atoms with Gasteiger partial charge in [0.05, 0.1) is 12.3 Å². The van der Waals surface area contributed by atoms with E-state index in [0.717, 1.165) is 6.42 Å². The number of anilines is 1. The van der Waals surface area contributed by atoms with Gasteiger partial charge in [-0.05, 0) is 18.6 Å². The van der Waals surface area contributed by atoms with Crippen molar-refractivity contribution in [1.82, 2.24) is 9.88 Å². The van der Waals surface area contributed by atoms with Crippen LogP contribution < -0.4 is 5.32 Å². The Hall–Kier alpha value is -2.15. The van der Waals surface area contributed by atoms with Crippen molar-refractivity contribution in [3.63, 3.8) is 0 Å². The maximum atomic E-state index is 12.0. The summed E-state index contributed by atoms with van der Waals surface area (Å²) >= 11 is 0. The number of nitrogens with zero attached hydrogens (tertiary/aromatic N) is 2. The van der Waals surface area contributed by atoms with Gasteiger partial charge < -0.3 is 20.4 Å². The van der Waals surface area contributed by atoms with Gasteiger partial charge in [-0.1, -0.05) is 6.92 Å². The van der Waals surface area contributed by atoms with E-state index in [0.29, 0.717) is 6.54 Å². The van der Waals surface area contributed by atoms with E-state index in [-0.39, 0.29) is 24.5 Å². The molecule has 1 aromatic heterocycles. The Morgan fingerprint density at radius 1 is 1.42 bits per heavy atom. The molecule has 0 unspecified atom stereocenters. The zero-order valence-electron chi connectivity index (χ0n) is 10.7. The maximum Gasteiger partial charge on any atom is 0.356 e. The molecule has 0 radical (unpaired) electrons. The van der Waals surface area contributed by atoms with E-state index < -0.39 is 12.0 Å². The summed E-state index contributed by atoms with van der Waals surface area (Å²) in [4.78, 5) is 28.0. The van der Waals surface area contributed by atoms with E-state index in [1.807, 2.05) is 6.92 Å². The molecule has 0 spiro atoms. The summed E-state index contributed by atoms with van der Waals surface area (Å²) in [6.07, 6.45) is 2.09. The van der Waals surface area contributed by atoms with Crippen LogP contribution in [0.2, 0.25) is 0 Å². The molecule has 0 aliphatic heterocycles. The molecule has 0 aliphatic rings. The van der Waals surface area contributed by atoms with E-state index in [1.54, 1.807) is 0 Å². The minimum Gasteiger partial charge on any atom is -0.476 e. The second-order valence-corrected chi connectivity index (χ2v) is 3.85. The van der Waals surface area contributed by atoms with Crippen LogP contribution in [0.15, 0.2) is 18.3 Å². The highest BCUT2D eigenvalue weighted by atomic mass is 16.4. The van der Waals surface area contributed by atoms with Gasteiger partial charge in [0.1, 0.15) is 0 Å². The molecule has 1 aromatic rings. The summed E-state index contributed by atoms with van der Waals surface area (Å²) in [6, 6.07) is 2.56. The van der Waals surface area contributed by atoms with Crippen LogP contribution in [0.3, 0.4) is 0 Å². The predicted octanol–water partition coefficient (Wildman–Crippen LogP) is 1.02. The third-order valence-electron chi connectivity index (χ3n) is 2.40. The smallest absolute Gasteiger partial charge is 0.356 e. The summed E-state index contributed by atoms with van der Waals surface area (Å²) in [5.41, 5.74) is -0.0738. The highest BCUT2D eigenvalue weighted by molar-refractivity contribution is 5.98. The lowest BCUT2D eigenvalue weighted by atomic mass is 10.3. The minimum atomic E-state index is -1.21. The first-order valence-corrected chi connectivity index (χ1v) is 5.95. The molecule has 0 aromatic carbocycles. The number of hydrogen-bond acceptors (Lipinski definition) is 4. The summed E-state index contributed by atoms with van der Waals surface area (Å²) in [5, 5.41) is 20.3. The molecular weight excluding hydrogens is 250 g/mol. The fraction of sp³-hybridized carbons (Fsp3) is 0.417. The van der Waals surface area contributed by atoms with Gasteiger partial charge in [-0.3, -0.25) is 0 Å². The quantitative estimate of drug-likeness (QED) is 0.714. The number of carboxylic acid groups (broad SMARTS) is 1. The van der Waals surface area contributed by atoms with Crippen molar-refractivity contribution in [1.29, 1.82) is 0 Å². The van der Waals surface area contributed by atoms with Crippen molar-refractivity contribution >= 4 is 17.7 Å². The van der Waals surface area contributed by atoms with Gasteiger partial charge in [0.15, 0.2) is 5.69 Å². The number of amides is 2. The number of urea groups is 1. The lowest BCUT2D eigenvalue weighted by Crippen LogP contribution is -2.38. The Morgan fingerprint density at radius 3 is 2.74 bits per heavy atom. The molecule has 7 heteroatoms. The fourth-order valence-corrected chi connectivity index (χ4v) is 1.58. The number of rotatable bonds is 6. The number of carboxylic acids is 1. The normalized spacial score (nSPS) is 10.0. The van der Waals surface area contributed by atoms with Crippen LogP contribution in [0.25, 0.3) is 0 Å². The van der Waals surface area contributed by atoms with Crippen LogP contribution in [0, 0.1) is 0 Å². The van der Waals surface area contributed by atoms with Gasteiger partial charge >= 0.3 is 12.0 Å². The van der Waals surface area contributed by atoms with Gasteiger partial charge in [0.25, 0.3) is 0 Å². The molecule has 0 bridgehead atoms. The molecule has 0 aliphatic carbocycles. The summed E-state index contributed by atoms with van der Waals surface area (Å²) < 4.78 is 0. The van der Waals surface area contributed by atoms with E-state index in [4.69, 9.17) is 10.2 Å². The van der Waals surface area contributed by atoms with Crippen LogP contribution in [0.5, 0.6) is 0 Å². The Balaban J connectivity index is 2.83. The Kier molecular flexibility index (Phi) is 5.74. The molecule has 19 heavy (non-hydrogen) atoms. The van der Waals surface area contributed by atoms with Crippen molar-refractivity contribution in [2.75, 3.05) is 25.0 Å². The lowest BCUT2D eigenvalue weighted by Gasteiger charge is -2.21. The number of aliphatic hydroxyl groups is 1. The Morgan fingerprint density at radius 2 is 2.16 bits per heavy atom. The predicted molar refractivity (Wildman–Crippen MR) is 69.2 cm³/mol. The van der Waals surface area contributed by atoms with Crippen LogP contribution in [-0.2, 0) is 0 Å². The number of carbonyl (C=O) groups is 2. The highest BCUT2D eigenvalue weighted by Gasteiger charge is 2.16. The largest absolute Gasteiger partial charge is 0.476 e. The van der Waals surface area contributed by atoms with Crippen LogP contribution in [-0.4, -0.2) is 51.8 Å². The molecule has 1 rings (SSSR count). The first-order chi connectivity index (χ1) is 9.10. The molecule has 0 saturated carbocycles. The number of pyridine rings is 1. The Bertz CT molecular complexity index is 444. The molecular formula is C12H17N3O4. The average molecular weight is 267 g/mol. The first kappa shape index (κ1) is 14.9. The average Bonchev–Trinajstić information content (AvgIpc) is 2.38. The minimum absolute atomic E-state index is 0.138. The standard InChI is InChI=1S/C12H17N3O4/c1-2-6-15(7-8-16)12(19)14-9-4-3-5-13-10(9)11(17)18/h3-5,16H,2,6-8H2,1H3,(H,14,19)(H,17,18). The third-order valence-corrected chi connectivity index (χ3v) is 2.40. The molecule has 0 atom stereocenters. The number of aromatic nitrogens is 1. The SMILES string of the molecule is CCCN(CCO)C(=O)Nc1cccnc1C(=O)O. The summed E-state index contributed by atoms with van der Waals surface area (Å²) in [5.74, 6) is -1.21. The number of carbonyl (C=O) groups excluding carboxylic acids is 1. The number of aromatic carboxylic acids is 1. The zero-order valence-corrected chi connectivity index (χ0v) is 10.7. The molecule has 104 valence electrons. The second-order valence-electron chi connectivity index (χ2n) is 3.85. The van der Waals surface area contributed by atoms with Gasteiger partial charge in [-0.25, -0.2) is 14.6 Å². The Labute approximate surface area is 110 Å². The molecule has 1 heterocycles. The summed E-state index contributed by atoms with van der Waals surface area (Å²) in [7, 11) is 0. The van der Waals surface area contributed by atoms with Gasteiger partial charge in [0, 0.05) is 19.3 Å². The van der Waals surface area contributed by atoms with Crippen LogP contribution in [0.4, 0.5) is 10.5 Å².